The summed E-state index contributed by atoms with van der Waals surface area (Å²) >= 11 is 0. The van der Waals surface area contributed by atoms with Crippen molar-refractivity contribution in [2.75, 3.05) is 0 Å². The normalized spacial score (nSPS) is 19.8. The maximum absolute atomic E-state index is 13.5. The van der Waals surface area contributed by atoms with E-state index in [-0.39, 0.29) is 11.8 Å². The van der Waals surface area contributed by atoms with Gasteiger partial charge in [-0.15, -0.1) is 0 Å². The van der Waals surface area contributed by atoms with E-state index in [4.69, 9.17) is 0 Å². The number of aromatic hydroxyl groups is 1. The summed E-state index contributed by atoms with van der Waals surface area (Å²) in [6, 6.07) is -1.20. The molecule has 1 N–H and O–H groups in total. The molecule has 2 nitrogen and oxygen atoms in total. The molecule has 0 unspecified atom stereocenters. The molecule has 0 heterocycles. The lowest BCUT2D eigenvalue weighted by Gasteiger charge is -2.47. The van der Waals surface area contributed by atoms with Crippen LogP contribution in [0, 0.1) is 0 Å². The van der Waals surface area contributed by atoms with Gasteiger partial charge in [0.25, 0.3) is 0 Å². The van der Waals surface area contributed by atoms with Crippen molar-refractivity contribution in [1.82, 2.24) is 0 Å². The van der Waals surface area contributed by atoms with Gasteiger partial charge in [-0.3, -0.25) is 4.99 Å². The third-order valence-corrected chi connectivity index (χ3v) is 7.91. The molecule has 0 saturated heterocycles. The zero-order valence-corrected chi connectivity index (χ0v) is 20.7. The average Bonchev–Trinajstić information content (AvgIpc) is 2.52. The van der Waals surface area contributed by atoms with Crippen molar-refractivity contribution in [3.05, 3.63) is 41.5 Å². The molecule has 0 aliphatic carbocycles. The number of halogens is 15. The highest BCUT2D eigenvalue weighted by Crippen LogP contribution is 3.09. The Morgan fingerprint density at radius 2 is 1.08 bits per heavy atom. The van der Waals surface area contributed by atoms with Crippen molar-refractivity contribution < 1.29 is 63.4 Å². The van der Waals surface area contributed by atoms with Gasteiger partial charge in [0.1, 0.15) is 26.1 Å². The van der Waals surface area contributed by atoms with Crippen LogP contribution in [-0.2, 0) is 5.41 Å². The van der Waals surface area contributed by atoms with Crippen molar-refractivity contribution in [2.24, 2.45) is 4.99 Å². The van der Waals surface area contributed by atoms with E-state index in [2.05, 4.69) is 4.99 Å². The summed E-state index contributed by atoms with van der Waals surface area (Å²) in [5.74, 6) is -0.912. The Labute approximate surface area is 199 Å². The highest BCUT2D eigenvalue weighted by molar-refractivity contribution is 8.47. The van der Waals surface area contributed by atoms with E-state index in [0.29, 0.717) is 0 Å². The Morgan fingerprint density at radius 3 is 1.41 bits per heavy atom. The second kappa shape index (κ2) is 6.21. The Balaban J connectivity index is 3.20. The molecule has 0 spiro atoms. The van der Waals surface area contributed by atoms with Gasteiger partial charge in [-0.1, -0.05) is 91.2 Å². The predicted molar refractivity (Wildman–Crippen MR) is 115 cm³/mol. The maximum atomic E-state index is 13.5. The van der Waals surface area contributed by atoms with Crippen molar-refractivity contribution >= 4 is 42.6 Å². The lowest BCUT2D eigenvalue weighted by molar-refractivity contribution is 0.356. The molecule has 0 saturated carbocycles. The van der Waals surface area contributed by atoms with Crippen molar-refractivity contribution in [1.29, 1.82) is 0 Å². The Hall–Kier alpha value is -2.09. The summed E-state index contributed by atoms with van der Waals surface area (Å²) in [5, 5.41) is 10.2. The number of phenolic OH excluding ortho intramolecular Hbond substituents is 1. The fraction of sp³-hybridized carbons (Fsp3) is 0.235. The second-order valence-electron chi connectivity index (χ2n) is 8.93. The van der Waals surface area contributed by atoms with Crippen LogP contribution in [0.1, 0.15) is 31.9 Å². The highest BCUT2D eigenvalue weighted by Gasteiger charge is 2.74. The van der Waals surface area contributed by atoms with Gasteiger partial charge in [0.15, 0.2) is 0 Å². The lowest BCUT2D eigenvalue weighted by atomic mass is 9.85. The molecule has 0 bridgehead atoms. The molecule has 0 radical (unpaired) electrons. The lowest BCUT2D eigenvalue weighted by Crippen LogP contribution is -2.15. The van der Waals surface area contributed by atoms with Gasteiger partial charge in [-0.05, 0) is 29.2 Å². The molecule has 0 aliphatic rings. The van der Waals surface area contributed by atoms with E-state index in [1.165, 1.54) is 26.8 Å². The first kappa shape index (κ1) is 31.1. The largest absolute Gasteiger partial charge is 0.507 e. The molecule has 0 amide bonds. The monoisotopic (exact) mass is 631 g/mol. The number of hydrogen-bond donors (Lipinski definition) is 1. The molecule has 0 fully saturated rings. The first-order valence-corrected chi connectivity index (χ1v) is 14.9. The Bertz CT molecular complexity index is 1290. The quantitative estimate of drug-likeness (QED) is 0.259. The van der Waals surface area contributed by atoms with Gasteiger partial charge < -0.3 is 5.11 Å². The first-order valence-electron chi connectivity index (χ1n) is 9.07. The van der Waals surface area contributed by atoms with Crippen LogP contribution < -0.4 is 0 Å². The SMILES string of the molecule is CC(C)(C)c1cccc(C=Nc2c(S(F)(F)(F)(F)F)cc(S(F)(F)(F)(F)F)cc2S(F)(F)(F)(F)F)c1O. The maximum Gasteiger partial charge on any atom is 0.312 e. The minimum Gasteiger partial charge on any atom is -0.507 e. The smallest absolute Gasteiger partial charge is 0.312 e. The van der Waals surface area contributed by atoms with E-state index >= 15 is 0 Å². The average molecular weight is 631 g/mol. The third kappa shape index (κ3) is 7.27. The van der Waals surface area contributed by atoms with Crippen molar-refractivity contribution in [2.45, 2.75) is 40.9 Å². The van der Waals surface area contributed by atoms with Crippen molar-refractivity contribution in [3.8, 4) is 5.75 Å². The van der Waals surface area contributed by atoms with Crippen LogP contribution in [0.15, 0.2) is 50.0 Å². The molecule has 37 heavy (non-hydrogen) atoms. The van der Waals surface area contributed by atoms with Crippen molar-refractivity contribution in [3.63, 3.8) is 0 Å². The zero-order chi connectivity index (χ0) is 29.7. The van der Waals surface area contributed by atoms with Crippen LogP contribution in [0.4, 0.5) is 64.0 Å². The molecule has 218 valence electrons. The highest BCUT2D eigenvalue weighted by atomic mass is 32.5. The molecule has 20 heteroatoms. The van der Waals surface area contributed by atoms with E-state index in [0.717, 1.165) is 12.1 Å². The van der Waals surface area contributed by atoms with E-state index < -0.39 is 79.9 Å². The molecular formula is C17H16F15NOS3. The fourth-order valence-corrected chi connectivity index (χ4v) is 5.55. The van der Waals surface area contributed by atoms with Crippen LogP contribution in [-0.4, -0.2) is 11.3 Å². The Kier molecular flexibility index (Phi) is 5.22. The van der Waals surface area contributed by atoms with Crippen LogP contribution >= 0.6 is 30.7 Å². The van der Waals surface area contributed by atoms with Gasteiger partial charge in [-0.25, -0.2) is 0 Å². The van der Waals surface area contributed by atoms with Gasteiger partial charge in [0, 0.05) is 11.8 Å². The summed E-state index contributed by atoms with van der Waals surface area (Å²) in [7, 11) is -35.4. The summed E-state index contributed by atoms with van der Waals surface area (Å²) in [4.78, 5) is -10.7. The number of phenols is 1. The van der Waals surface area contributed by atoms with Gasteiger partial charge in [-0.2, -0.15) is 0 Å². The minimum atomic E-state index is -11.9. The predicted octanol–water partition coefficient (Wildman–Crippen LogP) is 12.4. The minimum absolute atomic E-state index is 0.0476. The second-order valence-corrected chi connectivity index (χ2v) is 16.1. The molecule has 0 aliphatic heterocycles. The zero-order valence-electron chi connectivity index (χ0n) is 18.3. The van der Waals surface area contributed by atoms with E-state index in [1.54, 1.807) is 0 Å². The van der Waals surface area contributed by atoms with Gasteiger partial charge in [0.05, 0.1) is 0 Å². The Morgan fingerprint density at radius 1 is 0.676 bits per heavy atom. The van der Waals surface area contributed by atoms with Crippen LogP contribution in [0.25, 0.3) is 0 Å². The standard InChI is InChI=1S/C17H16F15NOS3/c1-17(2,3)12-6-4-5-10(16(12)34)9-33-15-13(36(23,24,25,26)27)7-11(35(18,19,20,21)22)8-14(15)37(28,29,30,31)32/h4-9,34H,1-3H3. The molecule has 2 aromatic rings. The number of rotatable bonds is 5. The van der Waals surface area contributed by atoms with Gasteiger partial charge >= 0.3 is 30.7 Å². The molecule has 2 rings (SSSR count). The van der Waals surface area contributed by atoms with Crippen LogP contribution in [0.2, 0.25) is 0 Å². The van der Waals surface area contributed by atoms with E-state index in [1.807, 2.05) is 0 Å². The first-order chi connectivity index (χ1) is 15.3. The number of hydrogen-bond acceptors (Lipinski definition) is 2. The molecule has 0 aromatic heterocycles. The van der Waals surface area contributed by atoms with Crippen LogP contribution in [0.5, 0.6) is 5.75 Å². The van der Waals surface area contributed by atoms with Crippen LogP contribution in [0.3, 0.4) is 0 Å². The fourth-order valence-electron chi connectivity index (χ4n) is 2.90. The molecular weight excluding hydrogens is 615 g/mol. The molecule has 0 atom stereocenters. The summed E-state index contributed by atoms with van der Waals surface area (Å²) in [5.41, 5.74) is -5.33. The van der Waals surface area contributed by atoms with E-state index in [9.17, 15) is 63.4 Å². The number of nitrogens with zero attached hydrogens (tertiary/aromatic N) is 1. The van der Waals surface area contributed by atoms with Gasteiger partial charge in [0.2, 0.25) is 0 Å². The third-order valence-electron chi connectivity index (χ3n) is 4.50. The number of para-hydroxylation sites is 1. The summed E-state index contributed by atoms with van der Waals surface area (Å²) in [6.07, 6.45) is -0.237. The summed E-state index contributed by atoms with van der Waals surface area (Å²) < 4.78 is 201. The topological polar surface area (TPSA) is 32.6 Å². The number of benzene rings is 2. The summed E-state index contributed by atoms with van der Waals surface area (Å²) in [6.45, 7) is 4.38. The number of aliphatic imine (C=N–C) groups is 1. The molecule has 2 aromatic carbocycles.